The largest absolute Gasteiger partial charge is 0.428 e. The molecule has 0 spiro atoms. The smallest absolute Gasteiger partial charge is 0.336 e. The van der Waals surface area contributed by atoms with Gasteiger partial charge in [-0.05, 0) is 40.3 Å². The molecule has 134 valence electrons. The van der Waals surface area contributed by atoms with Crippen molar-refractivity contribution in [2.24, 2.45) is 5.84 Å². The number of carbonyl (C=O) groups is 1. The maximum atomic E-state index is 10.7. The van der Waals surface area contributed by atoms with Gasteiger partial charge in [-0.1, -0.05) is 14.9 Å². The molecule has 2 rings (SSSR count). The zero-order valence-electron chi connectivity index (χ0n) is 12.9. The van der Waals surface area contributed by atoms with Gasteiger partial charge in [-0.25, -0.2) is 9.89 Å². The molecule has 0 bridgehead atoms. The fourth-order valence-corrected chi connectivity index (χ4v) is 1.17. The van der Waals surface area contributed by atoms with Crippen LogP contribution in [-0.4, -0.2) is 34.6 Å². The molecule has 0 amide bonds. The SMILES string of the molecule is C.C.CC1=C(C)C(O)OC1=O.CNN.Cc1cn[nH]c(=O)c1C. The van der Waals surface area contributed by atoms with Crippen LogP contribution in [0.25, 0.3) is 0 Å². The molecule has 8 nitrogen and oxygen atoms in total. The van der Waals surface area contributed by atoms with E-state index < -0.39 is 12.3 Å². The highest BCUT2D eigenvalue weighted by Crippen LogP contribution is 2.18. The van der Waals surface area contributed by atoms with Crippen molar-refractivity contribution in [1.82, 2.24) is 15.6 Å². The van der Waals surface area contributed by atoms with Crippen molar-refractivity contribution in [3.05, 3.63) is 38.8 Å². The number of ether oxygens (including phenoxy) is 1. The number of esters is 1. The monoisotopic (exact) mass is 330 g/mol. The minimum Gasteiger partial charge on any atom is -0.428 e. The Morgan fingerprint density at radius 2 is 1.74 bits per heavy atom. The Kier molecular flexibility index (Phi) is 14.1. The lowest BCUT2D eigenvalue weighted by Crippen LogP contribution is -2.13. The molecule has 0 aliphatic carbocycles. The number of aromatic amines is 1. The summed E-state index contributed by atoms with van der Waals surface area (Å²) >= 11 is 0. The molecule has 8 heteroatoms. The maximum absolute atomic E-state index is 10.7. The van der Waals surface area contributed by atoms with E-state index in [9.17, 15) is 9.59 Å². The van der Waals surface area contributed by atoms with Gasteiger partial charge in [0.15, 0.2) is 0 Å². The van der Waals surface area contributed by atoms with Crippen molar-refractivity contribution in [1.29, 1.82) is 0 Å². The minimum atomic E-state index is -1.00. The van der Waals surface area contributed by atoms with Gasteiger partial charge >= 0.3 is 5.97 Å². The number of hydrazine groups is 1. The van der Waals surface area contributed by atoms with Gasteiger partial charge in [-0.3, -0.25) is 16.1 Å². The van der Waals surface area contributed by atoms with Crippen LogP contribution in [0.1, 0.15) is 39.8 Å². The van der Waals surface area contributed by atoms with Gasteiger partial charge < -0.3 is 9.84 Å². The summed E-state index contributed by atoms with van der Waals surface area (Å²) in [4.78, 5) is 21.3. The van der Waals surface area contributed by atoms with Crippen LogP contribution in [0.3, 0.4) is 0 Å². The van der Waals surface area contributed by atoms with Crippen LogP contribution in [0.15, 0.2) is 22.1 Å². The Bertz CT molecular complexity index is 567. The van der Waals surface area contributed by atoms with Crippen LogP contribution < -0.4 is 16.8 Å². The molecular weight excluding hydrogens is 300 g/mol. The number of nitrogens with zero attached hydrogens (tertiary/aromatic N) is 1. The number of carbonyl (C=O) groups excluding carboxylic acids is 1. The maximum Gasteiger partial charge on any atom is 0.336 e. The van der Waals surface area contributed by atoms with Crippen molar-refractivity contribution in [3.8, 4) is 0 Å². The number of aromatic nitrogens is 2. The van der Waals surface area contributed by atoms with Gasteiger partial charge in [0.25, 0.3) is 5.56 Å². The number of aliphatic hydroxyl groups excluding tert-OH is 1. The second-order valence-electron chi connectivity index (χ2n) is 4.36. The average Bonchev–Trinajstić information content (AvgIpc) is 2.64. The van der Waals surface area contributed by atoms with Crippen LogP contribution in [-0.2, 0) is 9.53 Å². The normalized spacial score (nSPS) is 15.1. The quantitative estimate of drug-likeness (QED) is 0.316. The minimum absolute atomic E-state index is 0. The Morgan fingerprint density at radius 3 is 1.96 bits per heavy atom. The van der Waals surface area contributed by atoms with E-state index in [-0.39, 0.29) is 20.4 Å². The van der Waals surface area contributed by atoms with Gasteiger partial charge in [-0.15, -0.1) is 0 Å². The molecule has 0 saturated carbocycles. The molecule has 0 aromatic carbocycles. The molecule has 0 saturated heterocycles. The second-order valence-corrected chi connectivity index (χ2v) is 4.36. The number of hydrogen-bond acceptors (Lipinski definition) is 7. The van der Waals surface area contributed by atoms with E-state index in [4.69, 9.17) is 5.11 Å². The van der Waals surface area contributed by atoms with Crippen molar-refractivity contribution < 1.29 is 14.6 Å². The van der Waals surface area contributed by atoms with Crippen LogP contribution in [0.4, 0.5) is 0 Å². The third-order valence-electron chi connectivity index (χ3n) is 2.84. The molecule has 2 heterocycles. The molecule has 1 atom stereocenters. The number of nitrogens with one attached hydrogen (secondary N) is 2. The molecule has 0 radical (unpaired) electrons. The number of nitrogens with two attached hydrogens (primary N) is 1. The lowest BCUT2D eigenvalue weighted by atomic mass is 10.2. The first-order valence-electron chi connectivity index (χ1n) is 6.20. The lowest BCUT2D eigenvalue weighted by Gasteiger charge is -1.99. The van der Waals surface area contributed by atoms with E-state index in [2.05, 4.69) is 26.2 Å². The number of hydrogen-bond donors (Lipinski definition) is 4. The first kappa shape index (κ1) is 25.9. The van der Waals surface area contributed by atoms with Gasteiger partial charge in [0.05, 0.1) is 6.20 Å². The number of cyclic esters (lactones) is 1. The van der Waals surface area contributed by atoms with Crippen molar-refractivity contribution >= 4 is 5.97 Å². The van der Waals surface area contributed by atoms with E-state index in [1.165, 1.54) is 0 Å². The number of aryl methyl sites for hydroxylation is 1. The molecular formula is C15H30N4O4. The second kappa shape index (κ2) is 12.5. The third-order valence-corrected chi connectivity index (χ3v) is 2.84. The number of H-pyrrole nitrogens is 1. The van der Waals surface area contributed by atoms with E-state index in [0.29, 0.717) is 11.1 Å². The van der Waals surface area contributed by atoms with E-state index >= 15 is 0 Å². The number of aliphatic hydroxyl groups is 1. The van der Waals surface area contributed by atoms with Gasteiger partial charge in [0.2, 0.25) is 6.29 Å². The topological polar surface area (TPSA) is 130 Å². The molecule has 1 aliphatic rings. The molecule has 1 unspecified atom stereocenters. The van der Waals surface area contributed by atoms with Gasteiger partial charge in [0, 0.05) is 16.7 Å². The van der Waals surface area contributed by atoms with Crippen LogP contribution in [0.2, 0.25) is 0 Å². The Hall–Kier alpha value is -2.03. The zero-order chi connectivity index (χ0) is 16.6. The van der Waals surface area contributed by atoms with Crippen molar-refractivity contribution in [2.45, 2.75) is 48.8 Å². The van der Waals surface area contributed by atoms with E-state index in [1.54, 1.807) is 34.0 Å². The van der Waals surface area contributed by atoms with Crippen LogP contribution in [0.5, 0.6) is 0 Å². The molecule has 0 fully saturated rings. The molecule has 1 aromatic rings. The molecule has 23 heavy (non-hydrogen) atoms. The predicted octanol–water partition coefficient (Wildman–Crippen LogP) is 0.936. The van der Waals surface area contributed by atoms with Crippen molar-refractivity contribution in [3.63, 3.8) is 0 Å². The summed E-state index contributed by atoms with van der Waals surface area (Å²) in [5.41, 5.74) is 4.95. The molecule has 1 aliphatic heterocycles. The van der Waals surface area contributed by atoms with Gasteiger partial charge in [-0.2, -0.15) is 5.10 Å². The lowest BCUT2D eigenvalue weighted by molar-refractivity contribution is -0.151. The van der Waals surface area contributed by atoms with E-state index in [0.717, 1.165) is 11.1 Å². The fraction of sp³-hybridized carbons (Fsp3) is 0.533. The summed E-state index contributed by atoms with van der Waals surface area (Å²) in [6, 6.07) is 0. The average molecular weight is 330 g/mol. The Morgan fingerprint density at radius 1 is 1.26 bits per heavy atom. The van der Waals surface area contributed by atoms with Crippen LogP contribution >= 0.6 is 0 Å². The van der Waals surface area contributed by atoms with E-state index in [1.807, 2.05) is 6.92 Å². The molecule has 1 aromatic heterocycles. The highest BCUT2D eigenvalue weighted by Gasteiger charge is 2.25. The third kappa shape index (κ3) is 8.24. The van der Waals surface area contributed by atoms with Gasteiger partial charge in [0.1, 0.15) is 0 Å². The predicted molar refractivity (Wildman–Crippen MR) is 91.5 cm³/mol. The zero-order valence-corrected chi connectivity index (χ0v) is 12.9. The first-order valence-corrected chi connectivity index (χ1v) is 6.20. The fourth-order valence-electron chi connectivity index (χ4n) is 1.17. The Labute approximate surface area is 137 Å². The first-order chi connectivity index (χ1) is 9.76. The van der Waals surface area contributed by atoms with Crippen molar-refractivity contribution in [2.75, 3.05) is 7.05 Å². The summed E-state index contributed by atoms with van der Waals surface area (Å²) in [6.07, 6.45) is 0.633. The summed E-state index contributed by atoms with van der Waals surface area (Å²) in [5.74, 6) is 4.18. The summed E-state index contributed by atoms with van der Waals surface area (Å²) in [6.45, 7) is 6.94. The standard InChI is InChI=1S/C6H8N2O.C6H8O3.CH6N2.2CH4/c1-4-3-7-8-6(9)5(4)2;1-3-4(2)6(8)9-5(3)7;1-3-2;;/h3H,1-2H3,(H,8,9);5,7H,1-2H3;3H,2H2,1H3;2*1H4. The van der Waals surface area contributed by atoms with Crippen LogP contribution in [0, 0.1) is 13.8 Å². The molecule has 5 N–H and O–H groups in total. The number of rotatable bonds is 0. The Balaban J connectivity index is -0.000000277. The highest BCUT2D eigenvalue weighted by atomic mass is 16.6. The highest BCUT2D eigenvalue weighted by molar-refractivity contribution is 5.91. The summed E-state index contributed by atoms with van der Waals surface area (Å²) < 4.78 is 4.43. The summed E-state index contributed by atoms with van der Waals surface area (Å²) in [5, 5.41) is 14.8. The summed E-state index contributed by atoms with van der Waals surface area (Å²) in [7, 11) is 1.65.